The van der Waals surface area contributed by atoms with Crippen LogP contribution in [0.1, 0.15) is 46.5 Å². The average molecular weight is 432 g/mol. The average Bonchev–Trinajstić information content (AvgIpc) is 3.44. The van der Waals surface area contributed by atoms with Crippen LogP contribution in [0.15, 0.2) is 47.1 Å². The zero-order valence-corrected chi connectivity index (χ0v) is 17.5. The van der Waals surface area contributed by atoms with Crippen molar-refractivity contribution in [1.29, 1.82) is 0 Å². The molecule has 1 aliphatic rings. The van der Waals surface area contributed by atoms with Gasteiger partial charge in [0, 0.05) is 24.2 Å². The van der Waals surface area contributed by atoms with E-state index >= 15 is 0 Å². The number of methoxy groups -OCH3 is 1. The molecule has 10 heteroatoms. The zero-order chi connectivity index (χ0) is 22.2. The quantitative estimate of drug-likeness (QED) is 0.461. The summed E-state index contributed by atoms with van der Waals surface area (Å²) in [4.78, 5) is 30.5. The second kappa shape index (κ2) is 7.88. The van der Waals surface area contributed by atoms with Gasteiger partial charge < -0.3 is 14.6 Å². The first-order valence-corrected chi connectivity index (χ1v) is 10.2. The molecular formula is C22H20N6O4. The lowest BCUT2D eigenvalue weighted by Crippen LogP contribution is -2.35. The molecule has 0 spiro atoms. The van der Waals surface area contributed by atoms with Gasteiger partial charge >= 0.3 is 5.97 Å². The number of aryl methyl sites for hydroxylation is 1. The van der Waals surface area contributed by atoms with Crippen LogP contribution in [-0.4, -0.2) is 44.1 Å². The molecule has 5 rings (SSSR count). The molecule has 0 aliphatic heterocycles. The van der Waals surface area contributed by atoms with Crippen LogP contribution in [0.4, 0.5) is 0 Å². The van der Waals surface area contributed by atoms with Crippen LogP contribution in [0, 0.1) is 0 Å². The monoisotopic (exact) mass is 432 g/mol. The number of esters is 1. The van der Waals surface area contributed by atoms with Crippen molar-refractivity contribution in [3.05, 3.63) is 59.5 Å². The van der Waals surface area contributed by atoms with E-state index in [0.29, 0.717) is 16.6 Å². The summed E-state index contributed by atoms with van der Waals surface area (Å²) in [7, 11) is 2.92. The van der Waals surface area contributed by atoms with Gasteiger partial charge in [0.2, 0.25) is 0 Å². The highest BCUT2D eigenvalue weighted by molar-refractivity contribution is 6.10. The second-order valence-corrected chi connectivity index (χ2v) is 7.69. The minimum Gasteiger partial charge on any atom is -0.467 e. The van der Waals surface area contributed by atoms with Crippen LogP contribution in [0.2, 0.25) is 0 Å². The van der Waals surface area contributed by atoms with Crippen LogP contribution in [0.25, 0.3) is 22.4 Å². The fraction of sp³-hybridized carbons (Fsp3) is 0.273. The number of amides is 1. The summed E-state index contributed by atoms with van der Waals surface area (Å²) < 4.78 is 11.8. The molecule has 162 valence electrons. The van der Waals surface area contributed by atoms with Crippen molar-refractivity contribution in [2.24, 2.45) is 7.05 Å². The maximum atomic E-state index is 13.5. The number of hydrogen-bond acceptors (Lipinski definition) is 8. The van der Waals surface area contributed by atoms with Crippen molar-refractivity contribution in [1.82, 2.24) is 30.5 Å². The molecule has 3 heterocycles. The van der Waals surface area contributed by atoms with Gasteiger partial charge in [-0.3, -0.25) is 9.48 Å². The standard InChI is InChI=1S/C22H20N6O4/c1-28-11-16(25-27-28)19(22(30)31-2)24-20(29)14-10-15(12-8-9-12)23-21-17(14)18(26-32-21)13-6-4-3-5-7-13/h3-7,10-12,19H,8-9H2,1-2H3,(H,24,29). The Kier molecular flexibility index (Phi) is 4.89. The highest BCUT2D eigenvalue weighted by Crippen LogP contribution is 2.41. The van der Waals surface area contributed by atoms with Gasteiger partial charge in [-0.05, 0) is 18.9 Å². The Morgan fingerprint density at radius 3 is 2.69 bits per heavy atom. The Bertz CT molecular complexity index is 1310. The first-order valence-electron chi connectivity index (χ1n) is 10.2. The highest BCUT2D eigenvalue weighted by atomic mass is 16.5. The summed E-state index contributed by atoms with van der Waals surface area (Å²) >= 11 is 0. The number of carbonyl (C=O) groups is 2. The van der Waals surface area contributed by atoms with Crippen molar-refractivity contribution in [3.63, 3.8) is 0 Å². The van der Waals surface area contributed by atoms with Gasteiger partial charge in [-0.2, -0.15) is 0 Å². The minimum atomic E-state index is -1.12. The molecular weight excluding hydrogens is 412 g/mol. The fourth-order valence-electron chi connectivity index (χ4n) is 3.61. The van der Waals surface area contributed by atoms with Crippen molar-refractivity contribution in [2.45, 2.75) is 24.8 Å². The predicted octanol–water partition coefficient (Wildman–Crippen LogP) is 2.54. The molecule has 1 saturated carbocycles. The van der Waals surface area contributed by atoms with Crippen LogP contribution >= 0.6 is 0 Å². The van der Waals surface area contributed by atoms with Crippen LogP contribution in [0.3, 0.4) is 0 Å². The Hall–Kier alpha value is -4.08. The Morgan fingerprint density at radius 2 is 2.03 bits per heavy atom. The van der Waals surface area contributed by atoms with Gasteiger partial charge in [0.1, 0.15) is 11.4 Å². The second-order valence-electron chi connectivity index (χ2n) is 7.69. The molecule has 32 heavy (non-hydrogen) atoms. The molecule has 10 nitrogen and oxygen atoms in total. The molecule has 1 aromatic carbocycles. The normalized spacial score (nSPS) is 14.3. The number of rotatable bonds is 6. The van der Waals surface area contributed by atoms with E-state index in [1.165, 1.54) is 11.8 Å². The maximum absolute atomic E-state index is 13.5. The largest absolute Gasteiger partial charge is 0.467 e. The lowest BCUT2D eigenvalue weighted by molar-refractivity contribution is -0.143. The molecule has 1 fully saturated rings. The third kappa shape index (κ3) is 3.59. The summed E-state index contributed by atoms with van der Waals surface area (Å²) in [6.45, 7) is 0. The number of carbonyl (C=O) groups excluding carboxylic acids is 2. The van der Waals surface area contributed by atoms with E-state index in [1.807, 2.05) is 30.3 Å². The van der Waals surface area contributed by atoms with E-state index < -0.39 is 17.9 Å². The number of hydrogen-bond donors (Lipinski definition) is 1. The third-order valence-corrected chi connectivity index (χ3v) is 5.38. The zero-order valence-electron chi connectivity index (χ0n) is 17.5. The first-order chi connectivity index (χ1) is 15.5. The summed E-state index contributed by atoms with van der Waals surface area (Å²) in [6.07, 6.45) is 3.56. The third-order valence-electron chi connectivity index (χ3n) is 5.38. The number of fused-ring (bicyclic) bond motifs is 1. The highest BCUT2D eigenvalue weighted by Gasteiger charge is 2.32. The first kappa shape index (κ1) is 19.9. The topological polar surface area (TPSA) is 125 Å². The number of benzene rings is 1. The smallest absolute Gasteiger partial charge is 0.334 e. The van der Waals surface area contributed by atoms with Crippen molar-refractivity contribution >= 4 is 23.0 Å². The SMILES string of the molecule is COC(=O)C(NC(=O)c1cc(C2CC2)nc2onc(-c3ccccc3)c12)c1cn(C)nn1. The fourth-order valence-corrected chi connectivity index (χ4v) is 3.61. The molecule has 1 aliphatic carbocycles. The molecule has 0 bridgehead atoms. The molecule has 4 aromatic rings. The molecule has 1 N–H and O–H groups in total. The molecule has 1 unspecified atom stereocenters. The van der Waals surface area contributed by atoms with Gasteiger partial charge in [0.05, 0.1) is 24.3 Å². The van der Waals surface area contributed by atoms with E-state index in [2.05, 4.69) is 25.8 Å². The van der Waals surface area contributed by atoms with E-state index in [-0.39, 0.29) is 17.3 Å². The molecule has 0 radical (unpaired) electrons. The predicted molar refractivity (Wildman–Crippen MR) is 112 cm³/mol. The van der Waals surface area contributed by atoms with Gasteiger partial charge in [-0.25, -0.2) is 9.78 Å². The van der Waals surface area contributed by atoms with Gasteiger partial charge in [0.15, 0.2) is 6.04 Å². The lowest BCUT2D eigenvalue weighted by Gasteiger charge is -2.15. The molecule has 3 aromatic heterocycles. The summed E-state index contributed by atoms with van der Waals surface area (Å²) in [5, 5.41) is 15.2. The molecule has 1 atom stereocenters. The minimum absolute atomic E-state index is 0.272. The summed E-state index contributed by atoms with van der Waals surface area (Å²) in [6, 6.07) is 10.0. The summed E-state index contributed by atoms with van der Waals surface area (Å²) in [5.41, 5.74) is 2.96. The van der Waals surface area contributed by atoms with E-state index in [9.17, 15) is 9.59 Å². The Morgan fingerprint density at radius 1 is 1.25 bits per heavy atom. The number of nitrogens with zero attached hydrogens (tertiary/aromatic N) is 5. The number of aromatic nitrogens is 5. The van der Waals surface area contributed by atoms with Crippen LogP contribution < -0.4 is 5.32 Å². The summed E-state index contributed by atoms with van der Waals surface area (Å²) in [5.74, 6) is -0.853. The van der Waals surface area contributed by atoms with Crippen LogP contribution in [0.5, 0.6) is 0 Å². The maximum Gasteiger partial charge on any atom is 0.334 e. The number of nitrogens with one attached hydrogen (secondary N) is 1. The van der Waals surface area contributed by atoms with E-state index in [0.717, 1.165) is 24.1 Å². The van der Waals surface area contributed by atoms with Crippen molar-refractivity contribution in [3.8, 4) is 11.3 Å². The molecule has 1 amide bonds. The number of pyridine rings is 1. The lowest BCUT2D eigenvalue weighted by atomic mass is 10.0. The van der Waals surface area contributed by atoms with E-state index in [4.69, 9.17) is 9.26 Å². The van der Waals surface area contributed by atoms with Crippen molar-refractivity contribution < 1.29 is 18.8 Å². The Labute approximate surface area is 182 Å². The van der Waals surface area contributed by atoms with Gasteiger partial charge in [0.25, 0.3) is 11.6 Å². The van der Waals surface area contributed by atoms with Crippen LogP contribution in [-0.2, 0) is 16.6 Å². The van der Waals surface area contributed by atoms with Gasteiger partial charge in [-0.1, -0.05) is 40.7 Å². The van der Waals surface area contributed by atoms with Crippen molar-refractivity contribution in [2.75, 3.05) is 7.11 Å². The molecule has 0 saturated heterocycles. The van der Waals surface area contributed by atoms with Gasteiger partial charge in [-0.15, -0.1) is 5.10 Å². The van der Waals surface area contributed by atoms with E-state index in [1.54, 1.807) is 19.3 Å². The number of ether oxygens (including phenoxy) is 1. The Balaban J connectivity index is 1.60.